The molecular formula is C54H41N5. The number of pyridine rings is 2. The van der Waals surface area contributed by atoms with Crippen molar-refractivity contribution in [3.63, 3.8) is 0 Å². The number of benzene rings is 4. The van der Waals surface area contributed by atoms with E-state index in [0.717, 1.165) is 92.9 Å². The first-order valence-corrected chi connectivity index (χ1v) is 20.7. The fraction of sp³-hybridized carbons (Fsp3) is 0.111. The number of allylic oxidation sites excluding steroid dienone is 12. The van der Waals surface area contributed by atoms with Gasteiger partial charge in [-0.05, 0) is 77.3 Å². The summed E-state index contributed by atoms with van der Waals surface area (Å²) in [6, 6.07) is 44.9. The largest absolute Gasteiger partial charge is 0.284 e. The summed E-state index contributed by atoms with van der Waals surface area (Å²) >= 11 is 0. The van der Waals surface area contributed by atoms with Crippen LogP contribution >= 0.6 is 0 Å². The molecule has 4 aromatic heterocycles. The molecule has 59 heavy (non-hydrogen) atoms. The van der Waals surface area contributed by atoms with Crippen LogP contribution in [0.2, 0.25) is 0 Å². The highest BCUT2D eigenvalue weighted by Gasteiger charge is 2.22. The fourth-order valence-corrected chi connectivity index (χ4v) is 8.76. The van der Waals surface area contributed by atoms with Gasteiger partial charge in [0, 0.05) is 39.9 Å². The van der Waals surface area contributed by atoms with E-state index in [1.54, 1.807) is 0 Å². The Labute approximate surface area is 343 Å². The second kappa shape index (κ2) is 14.9. The van der Waals surface area contributed by atoms with Gasteiger partial charge in [-0.25, -0.2) is 19.9 Å². The summed E-state index contributed by atoms with van der Waals surface area (Å²) in [5.74, 6) is 1.08. The summed E-state index contributed by atoms with van der Waals surface area (Å²) in [7, 11) is 0. The predicted molar refractivity (Wildman–Crippen MR) is 242 cm³/mol. The molecule has 0 radical (unpaired) electrons. The topological polar surface area (TPSA) is 56.0 Å². The number of rotatable bonds is 7. The van der Waals surface area contributed by atoms with Crippen LogP contribution in [0.4, 0.5) is 0 Å². The molecule has 0 saturated heterocycles. The molecule has 2 unspecified atom stereocenters. The van der Waals surface area contributed by atoms with Gasteiger partial charge in [0.15, 0.2) is 5.65 Å². The van der Waals surface area contributed by atoms with Crippen molar-refractivity contribution in [2.45, 2.75) is 37.5 Å². The number of hydrogen-bond donors (Lipinski definition) is 0. The van der Waals surface area contributed by atoms with Crippen molar-refractivity contribution in [2.75, 3.05) is 0 Å². The summed E-state index contributed by atoms with van der Waals surface area (Å²) < 4.78 is 2.07. The van der Waals surface area contributed by atoms with Gasteiger partial charge in [0.05, 0.1) is 17.1 Å². The highest BCUT2D eigenvalue weighted by molar-refractivity contribution is 6.09. The Kier molecular flexibility index (Phi) is 8.85. The van der Waals surface area contributed by atoms with Gasteiger partial charge in [-0.3, -0.25) is 4.40 Å². The minimum atomic E-state index is 0.0383. The monoisotopic (exact) mass is 759 g/mol. The number of nitrogens with zero attached hydrogens (tertiary/aromatic N) is 5. The number of imidazole rings is 1. The van der Waals surface area contributed by atoms with Crippen LogP contribution in [-0.4, -0.2) is 24.3 Å². The summed E-state index contributed by atoms with van der Waals surface area (Å²) in [6.07, 6.45) is 26.8. The standard InChI is InChI=1S/C54H41N5/c1-3-12-36(13-4-1)38-21-27-41(28-22-38)48-35-49(42-29-23-39(24-30-42)37-14-5-2-6-15-37)56-53(55-48)45-17-11-16-44(34-45)40-25-31-43(32-26-40)51-46-18-7-8-19-47(46)52-54(58-51)59-33-10-9-20-50(59)57-52/h1,3-5,7-16,18-29,31-35,42,45H,2,6,17,30H2. The average Bonchev–Trinajstić information content (AvgIpc) is 3.71. The molecule has 0 bridgehead atoms. The Bertz CT molecular complexity index is 3090. The molecule has 2 atom stereocenters. The molecule has 3 aliphatic carbocycles. The quantitative estimate of drug-likeness (QED) is 0.162. The van der Waals surface area contributed by atoms with E-state index >= 15 is 0 Å². The van der Waals surface area contributed by atoms with Crippen molar-refractivity contribution < 1.29 is 0 Å². The maximum Gasteiger partial charge on any atom is 0.165 e. The molecule has 4 aromatic carbocycles. The van der Waals surface area contributed by atoms with E-state index in [1.807, 2.05) is 24.4 Å². The van der Waals surface area contributed by atoms with E-state index < -0.39 is 0 Å². The molecule has 0 aliphatic heterocycles. The summed E-state index contributed by atoms with van der Waals surface area (Å²) in [5, 5.41) is 2.20. The third-order valence-corrected chi connectivity index (χ3v) is 11.9. The lowest BCUT2D eigenvalue weighted by molar-refractivity contribution is 0.732. The number of fused-ring (bicyclic) bond motifs is 5. The van der Waals surface area contributed by atoms with Crippen molar-refractivity contribution in [1.82, 2.24) is 24.3 Å². The van der Waals surface area contributed by atoms with Gasteiger partial charge in [-0.1, -0.05) is 164 Å². The first-order chi connectivity index (χ1) is 29.2. The summed E-state index contributed by atoms with van der Waals surface area (Å²) in [5.41, 5.74) is 15.2. The molecule has 3 aliphatic rings. The lowest BCUT2D eigenvalue weighted by Crippen LogP contribution is -2.10. The molecule has 0 saturated carbocycles. The van der Waals surface area contributed by atoms with Crippen molar-refractivity contribution in [3.8, 4) is 33.6 Å². The Balaban J connectivity index is 0.933. The van der Waals surface area contributed by atoms with Crippen molar-refractivity contribution in [3.05, 3.63) is 217 Å². The highest BCUT2D eigenvalue weighted by atomic mass is 15.1. The van der Waals surface area contributed by atoms with Gasteiger partial charge in [-0.2, -0.15) is 0 Å². The van der Waals surface area contributed by atoms with Crippen LogP contribution in [0.15, 0.2) is 199 Å². The molecule has 0 N–H and O–H groups in total. The minimum absolute atomic E-state index is 0.0383. The van der Waals surface area contributed by atoms with E-state index in [0.29, 0.717) is 0 Å². The molecule has 0 spiro atoms. The first-order valence-electron chi connectivity index (χ1n) is 20.7. The summed E-state index contributed by atoms with van der Waals surface area (Å²) in [4.78, 5) is 20.8. The summed E-state index contributed by atoms with van der Waals surface area (Å²) in [6.45, 7) is 0. The van der Waals surface area contributed by atoms with E-state index in [2.05, 4.69) is 168 Å². The van der Waals surface area contributed by atoms with E-state index in [-0.39, 0.29) is 11.8 Å². The predicted octanol–water partition coefficient (Wildman–Crippen LogP) is 13.2. The molecular weight excluding hydrogens is 719 g/mol. The molecule has 0 fully saturated rings. The van der Waals surface area contributed by atoms with Crippen LogP contribution in [0.5, 0.6) is 0 Å². The fourth-order valence-electron chi connectivity index (χ4n) is 8.76. The lowest BCUT2D eigenvalue weighted by atomic mass is 9.88. The maximum atomic E-state index is 5.35. The zero-order valence-corrected chi connectivity index (χ0v) is 32.6. The van der Waals surface area contributed by atoms with Crippen molar-refractivity contribution >= 4 is 33.2 Å². The minimum Gasteiger partial charge on any atom is -0.284 e. The van der Waals surface area contributed by atoms with Gasteiger partial charge in [0.25, 0.3) is 0 Å². The molecule has 5 heteroatoms. The van der Waals surface area contributed by atoms with Gasteiger partial charge in [0.1, 0.15) is 17.0 Å². The van der Waals surface area contributed by atoms with Crippen LogP contribution in [-0.2, 0) is 0 Å². The normalized spacial score (nSPS) is 17.7. The van der Waals surface area contributed by atoms with Gasteiger partial charge < -0.3 is 0 Å². The van der Waals surface area contributed by atoms with Crippen LogP contribution < -0.4 is 0 Å². The zero-order valence-electron chi connectivity index (χ0n) is 32.6. The smallest absolute Gasteiger partial charge is 0.165 e. The maximum absolute atomic E-state index is 5.35. The molecule has 8 aromatic rings. The molecule has 5 nitrogen and oxygen atoms in total. The Morgan fingerprint density at radius 1 is 0.508 bits per heavy atom. The van der Waals surface area contributed by atoms with Gasteiger partial charge >= 0.3 is 0 Å². The van der Waals surface area contributed by atoms with E-state index in [4.69, 9.17) is 19.9 Å². The SMILES string of the molecule is C1=CC(C2=CCC(c3cc(-c4ccc(-c5ccccc5)cc4)nc(C4C=C(c5ccc(-c6nc7c(nc8ccccn87)c7ccccc67)cc5)C=CC4)n3)C=C2)=CCC1. The second-order valence-electron chi connectivity index (χ2n) is 15.6. The third-order valence-electron chi connectivity index (χ3n) is 11.9. The average molecular weight is 760 g/mol. The zero-order chi connectivity index (χ0) is 39.1. The Hall–Kier alpha value is -7.24. The molecule has 4 heterocycles. The van der Waals surface area contributed by atoms with Crippen molar-refractivity contribution in [2.24, 2.45) is 0 Å². The van der Waals surface area contributed by atoms with E-state index in [9.17, 15) is 0 Å². The first kappa shape index (κ1) is 35.0. The number of hydrogen-bond acceptors (Lipinski definition) is 4. The lowest BCUT2D eigenvalue weighted by Gasteiger charge is -2.21. The van der Waals surface area contributed by atoms with Crippen LogP contribution in [0, 0.1) is 0 Å². The van der Waals surface area contributed by atoms with Crippen LogP contribution in [0.1, 0.15) is 54.6 Å². The molecule has 0 amide bonds. The molecule has 282 valence electrons. The van der Waals surface area contributed by atoms with Crippen LogP contribution in [0.25, 0.3) is 66.8 Å². The van der Waals surface area contributed by atoms with Crippen LogP contribution in [0.3, 0.4) is 0 Å². The Morgan fingerprint density at radius 2 is 1.24 bits per heavy atom. The Morgan fingerprint density at radius 3 is 2.05 bits per heavy atom. The third kappa shape index (κ3) is 6.65. The van der Waals surface area contributed by atoms with Gasteiger partial charge in [-0.15, -0.1) is 0 Å². The van der Waals surface area contributed by atoms with E-state index in [1.165, 1.54) is 27.8 Å². The second-order valence-corrected chi connectivity index (χ2v) is 15.6. The number of aromatic nitrogens is 5. The van der Waals surface area contributed by atoms with Gasteiger partial charge in [0.2, 0.25) is 0 Å². The molecule has 11 rings (SSSR count). The highest BCUT2D eigenvalue weighted by Crippen LogP contribution is 2.37. The van der Waals surface area contributed by atoms with Crippen molar-refractivity contribution in [1.29, 1.82) is 0 Å².